The third-order valence-electron chi connectivity index (χ3n) is 7.17. The van der Waals surface area contributed by atoms with Gasteiger partial charge in [-0.1, -0.05) is 12.1 Å². The second-order valence-electron chi connectivity index (χ2n) is 9.38. The molecule has 3 heterocycles. The fourth-order valence-corrected chi connectivity index (χ4v) is 5.16. The Morgan fingerprint density at radius 3 is 2.26 bits per heavy atom. The molecule has 0 radical (unpaired) electrons. The van der Waals surface area contributed by atoms with Crippen LogP contribution in [0.2, 0.25) is 0 Å². The molecule has 172 valence electrons. The Balaban J connectivity index is 1.16. The quantitative estimate of drug-likeness (QED) is 0.674. The normalized spacial score (nSPS) is 25.0. The van der Waals surface area contributed by atoms with E-state index in [1.807, 2.05) is 12.1 Å². The second kappa shape index (κ2) is 10.8. The number of hydrogen-bond acceptors (Lipinski definition) is 6. The Hall–Kier alpha value is -1.67. The number of ether oxygens (including phenoxy) is 1. The predicted molar refractivity (Wildman–Crippen MR) is 123 cm³/mol. The molecule has 31 heavy (non-hydrogen) atoms. The summed E-state index contributed by atoms with van der Waals surface area (Å²) in [6.07, 6.45) is 2.63. The summed E-state index contributed by atoms with van der Waals surface area (Å²) in [6, 6.07) is 8.99. The van der Waals surface area contributed by atoms with Crippen LogP contribution in [-0.4, -0.2) is 123 Å². The van der Waals surface area contributed by atoms with E-state index in [0.717, 1.165) is 64.7 Å². The highest BCUT2D eigenvalue weighted by atomic mass is 16.5. The molecule has 0 spiro atoms. The molecule has 7 heteroatoms. The number of piperidine rings is 1. The van der Waals surface area contributed by atoms with Crippen LogP contribution in [0.3, 0.4) is 0 Å². The number of likely N-dealkylation sites (N-methyl/N-ethyl adjacent to an activating group) is 1. The Labute approximate surface area is 187 Å². The van der Waals surface area contributed by atoms with Crippen LogP contribution in [0, 0.1) is 0 Å². The average molecular weight is 430 g/mol. The molecule has 1 atom stereocenters. The van der Waals surface area contributed by atoms with Gasteiger partial charge in [-0.05, 0) is 44.1 Å². The van der Waals surface area contributed by atoms with Crippen LogP contribution in [0.15, 0.2) is 24.3 Å². The number of piperazine rings is 2. The number of carbonyl (C=O) groups is 1. The molecular weight excluding hydrogens is 390 g/mol. The molecule has 3 aliphatic rings. The number of nitrogens with zero attached hydrogens (tertiary/aromatic N) is 5. The summed E-state index contributed by atoms with van der Waals surface area (Å²) < 4.78 is 5.24. The highest BCUT2D eigenvalue weighted by molar-refractivity contribution is 5.78. The van der Waals surface area contributed by atoms with E-state index in [1.54, 1.807) is 7.11 Å². The monoisotopic (exact) mass is 429 g/mol. The summed E-state index contributed by atoms with van der Waals surface area (Å²) in [6.45, 7) is 11.7. The largest absolute Gasteiger partial charge is 0.497 e. The third-order valence-corrected chi connectivity index (χ3v) is 7.17. The van der Waals surface area contributed by atoms with Crippen LogP contribution in [0.5, 0.6) is 5.75 Å². The standard InChI is InChI=1S/C24H39N5O2/c1-25-9-3-4-22(19-25)28-14-10-27(11-15-28)20-24(30)29-16-12-26(13-17-29)18-21-5-7-23(31-2)8-6-21/h5-8,22H,3-4,9-20H2,1-2H3. The van der Waals surface area contributed by atoms with Crippen molar-refractivity contribution in [2.75, 3.05) is 86.1 Å². The summed E-state index contributed by atoms with van der Waals surface area (Å²) in [5.74, 6) is 1.20. The summed E-state index contributed by atoms with van der Waals surface area (Å²) in [7, 11) is 3.93. The number of rotatable bonds is 6. The zero-order valence-electron chi connectivity index (χ0n) is 19.3. The Kier molecular flexibility index (Phi) is 7.82. The summed E-state index contributed by atoms with van der Waals surface area (Å²) in [5, 5.41) is 0. The van der Waals surface area contributed by atoms with Gasteiger partial charge >= 0.3 is 0 Å². The lowest BCUT2D eigenvalue weighted by Crippen LogP contribution is -2.56. The highest BCUT2D eigenvalue weighted by Crippen LogP contribution is 2.17. The van der Waals surface area contributed by atoms with E-state index in [2.05, 4.69) is 43.7 Å². The number of benzene rings is 1. The van der Waals surface area contributed by atoms with Gasteiger partial charge in [0, 0.05) is 71.5 Å². The molecule has 7 nitrogen and oxygen atoms in total. The molecule has 0 aliphatic carbocycles. The van der Waals surface area contributed by atoms with E-state index in [0.29, 0.717) is 18.5 Å². The maximum atomic E-state index is 12.9. The molecule has 0 saturated carbocycles. The first-order valence-electron chi connectivity index (χ1n) is 11.9. The van der Waals surface area contributed by atoms with E-state index in [1.165, 1.54) is 31.5 Å². The molecule has 1 unspecified atom stereocenters. The Morgan fingerprint density at radius 1 is 0.935 bits per heavy atom. The number of hydrogen-bond donors (Lipinski definition) is 0. The van der Waals surface area contributed by atoms with Crippen molar-refractivity contribution in [2.24, 2.45) is 0 Å². The first-order chi connectivity index (χ1) is 15.1. The van der Waals surface area contributed by atoms with E-state index >= 15 is 0 Å². The smallest absolute Gasteiger partial charge is 0.236 e. The summed E-state index contributed by atoms with van der Waals surface area (Å²) >= 11 is 0. The van der Waals surface area contributed by atoms with Gasteiger partial charge in [-0.2, -0.15) is 0 Å². The van der Waals surface area contributed by atoms with Crippen LogP contribution in [0.4, 0.5) is 0 Å². The lowest BCUT2D eigenvalue weighted by atomic mass is 10.0. The van der Waals surface area contributed by atoms with Gasteiger partial charge < -0.3 is 14.5 Å². The van der Waals surface area contributed by atoms with Gasteiger partial charge in [0.25, 0.3) is 0 Å². The molecule has 1 amide bonds. The van der Waals surface area contributed by atoms with Gasteiger partial charge in [0.05, 0.1) is 13.7 Å². The van der Waals surface area contributed by atoms with Crippen LogP contribution in [-0.2, 0) is 11.3 Å². The van der Waals surface area contributed by atoms with Crippen LogP contribution < -0.4 is 4.74 Å². The first-order valence-corrected chi connectivity index (χ1v) is 11.9. The van der Waals surface area contributed by atoms with Crippen molar-refractivity contribution in [3.63, 3.8) is 0 Å². The SMILES string of the molecule is COc1ccc(CN2CCN(C(=O)CN3CCN(C4CCCN(C)C4)CC3)CC2)cc1. The molecule has 3 saturated heterocycles. The maximum Gasteiger partial charge on any atom is 0.236 e. The first kappa shape index (κ1) is 22.5. The van der Waals surface area contributed by atoms with Crippen LogP contribution >= 0.6 is 0 Å². The predicted octanol–water partition coefficient (Wildman–Crippen LogP) is 1.05. The number of amides is 1. The minimum absolute atomic E-state index is 0.301. The molecule has 0 aromatic heterocycles. The molecule has 1 aromatic rings. The number of methoxy groups -OCH3 is 1. The van der Waals surface area contributed by atoms with Gasteiger partial charge in [0.1, 0.15) is 5.75 Å². The Morgan fingerprint density at radius 2 is 1.61 bits per heavy atom. The average Bonchev–Trinajstić information content (AvgIpc) is 2.80. The van der Waals surface area contributed by atoms with Crippen molar-refractivity contribution < 1.29 is 9.53 Å². The minimum atomic E-state index is 0.301. The molecule has 3 aliphatic heterocycles. The molecule has 3 fully saturated rings. The molecule has 4 rings (SSSR count). The minimum Gasteiger partial charge on any atom is -0.497 e. The molecule has 1 aromatic carbocycles. The van der Waals surface area contributed by atoms with E-state index in [9.17, 15) is 4.79 Å². The van der Waals surface area contributed by atoms with Crippen molar-refractivity contribution in [3.05, 3.63) is 29.8 Å². The van der Waals surface area contributed by atoms with Gasteiger partial charge in [-0.3, -0.25) is 19.5 Å². The van der Waals surface area contributed by atoms with Crippen molar-refractivity contribution in [1.29, 1.82) is 0 Å². The topological polar surface area (TPSA) is 42.5 Å². The van der Waals surface area contributed by atoms with Gasteiger partial charge in [0.15, 0.2) is 0 Å². The van der Waals surface area contributed by atoms with Crippen molar-refractivity contribution in [2.45, 2.75) is 25.4 Å². The Bertz CT molecular complexity index is 696. The van der Waals surface area contributed by atoms with Gasteiger partial charge in [-0.15, -0.1) is 0 Å². The second-order valence-corrected chi connectivity index (χ2v) is 9.38. The summed E-state index contributed by atoms with van der Waals surface area (Å²) in [4.78, 5) is 24.8. The lowest BCUT2D eigenvalue weighted by molar-refractivity contribution is -0.134. The number of likely N-dealkylation sites (tertiary alicyclic amines) is 1. The van der Waals surface area contributed by atoms with Crippen molar-refractivity contribution in [3.8, 4) is 5.75 Å². The van der Waals surface area contributed by atoms with Crippen molar-refractivity contribution in [1.82, 2.24) is 24.5 Å². The van der Waals surface area contributed by atoms with E-state index in [4.69, 9.17) is 4.74 Å². The van der Waals surface area contributed by atoms with Gasteiger partial charge in [-0.25, -0.2) is 0 Å². The molecule has 0 N–H and O–H groups in total. The van der Waals surface area contributed by atoms with Crippen LogP contribution in [0.1, 0.15) is 18.4 Å². The molecule has 0 bridgehead atoms. The number of carbonyl (C=O) groups excluding carboxylic acids is 1. The maximum absolute atomic E-state index is 12.9. The zero-order valence-corrected chi connectivity index (χ0v) is 19.3. The summed E-state index contributed by atoms with van der Waals surface area (Å²) in [5.41, 5.74) is 1.29. The van der Waals surface area contributed by atoms with Gasteiger partial charge in [0.2, 0.25) is 5.91 Å². The lowest BCUT2D eigenvalue weighted by Gasteiger charge is -2.43. The third kappa shape index (κ3) is 6.19. The fraction of sp³-hybridized carbons (Fsp3) is 0.708. The fourth-order valence-electron chi connectivity index (χ4n) is 5.16. The molecular formula is C24H39N5O2. The highest BCUT2D eigenvalue weighted by Gasteiger charge is 2.29. The van der Waals surface area contributed by atoms with Crippen LogP contribution in [0.25, 0.3) is 0 Å². The zero-order chi connectivity index (χ0) is 21.6. The van der Waals surface area contributed by atoms with E-state index in [-0.39, 0.29) is 0 Å². The van der Waals surface area contributed by atoms with E-state index < -0.39 is 0 Å². The van der Waals surface area contributed by atoms with Crippen molar-refractivity contribution >= 4 is 5.91 Å².